The van der Waals surface area contributed by atoms with Crippen LogP contribution >= 0.6 is 7.26 Å². The summed E-state index contributed by atoms with van der Waals surface area (Å²) in [6.07, 6.45) is 54.6. The Bertz CT molecular complexity index is 509. The second kappa shape index (κ2) is 36.8. The Hall–Kier alpha value is 0.430. The topological polar surface area (TPSA) is 0 Å². The molecule has 49 heavy (non-hydrogen) atoms. The molecular formula is C48H101P. The van der Waals surface area contributed by atoms with Crippen LogP contribution in [0.25, 0.3) is 0 Å². The summed E-state index contributed by atoms with van der Waals surface area (Å²) in [5, 5.41) is 0. The molecule has 0 aromatic rings. The van der Waals surface area contributed by atoms with Gasteiger partial charge in [-0.25, -0.2) is 0 Å². The van der Waals surface area contributed by atoms with E-state index in [1.165, 1.54) is 180 Å². The molecule has 0 saturated heterocycles. The summed E-state index contributed by atoms with van der Waals surface area (Å²) in [7, 11) is -1.17. The molecule has 0 rings (SSSR count). The Morgan fingerprint density at radius 2 is 0.347 bits per heavy atom. The van der Waals surface area contributed by atoms with E-state index in [1.54, 1.807) is 50.3 Å². The van der Waals surface area contributed by atoms with Gasteiger partial charge in [-0.1, -0.05) is 0 Å². The summed E-state index contributed by atoms with van der Waals surface area (Å²) in [6.45, 7) is 19.1. The van der Waals surface area contributed by atoms with Gasteiger partial charge in [-0.3, -0.25) is 0 Å². The summed E-state index contributed by atoms with van der Waals surface area (Å²) >= 11 is 0. The molecule has 0 unspecified atom stereocenters. The van der Waals surface area contributed by atoms with Gasteiger partial charge < -0.3 is 0 Å². The molecule has 0 aromatic heterocycles. The Kier molecular flexibility index (Phi) is 37.1. The fraction of sp³-hybridized carbons (Fsp3) is 1.00. The molecule has 298 valence electrons. The van der Waals surface area contributed by atoms with Gasteiger partial charge in [0.1, 0.15) is 0 Å². The van der Waals surface area contributed by atoms with E-state index in [9.17, 15) is 0 Å². The van der Waals surface area contributed by atoms with E-state index >= 15 is 0 Å². The van der Waals surface area contributed by atoms with Gasteiger partial charge in [-0.15, -0.1) is 0 Å². The average Bonchev–Trinajstić information content (AvgIpc) is 3.04. The van der Waals surface area contributed by atoms with Gasteiger partial charge in [0.25, 0.3) is 0 Å². The van der Waals surface area contributed by atoms with Crippen LogP contribution < -0.4 is 0 Å². The van der Waals surface area contributed by atoms with Crippen molar-refractivity contribution in [2.24, 2.45) is 23.7 Å². The molecule has 0 aromatic carbocycles. The van der Waals surface area contributed by atoms with Crippen LogP contribution in [0.4, 0.5) is 0 Å². The van der Waals surface area contributed by atoms with E-state index in [2.05, 4.69) is 55.4 Å². The van der Waals surface area contributed by atoms with Gasteiger partial charge in [-0.05, 0) is 0 Å². The van der Waals surface area contributed by atoms with E-state index in [4.69, 9.17) is 0 Å². The summed E-state index contributed by atoms with van der Waals surface area (Å²) in [5.74, 6) is 3.55. The molecule has 0 bridgehead atoms. The molecule has 0 radical (unpaired) electrons. The third-order valence-corrected chi connectivity index (χ3v) is 17.6. The van der Waals surface area contributed by atoms with E-state index in [0.717, 1.165) is 23.7 Å². The Morgan fingerprint density at radius 3 is 0.510 bits per heavy atom. The maximum atomic E-state index is 2.38. The van der Waals surface area contributed by atoms with E-state index in [1.807, 2.05) is 0 Å². The van der Waals surface area contributed by atoms with Crippen molar-refractivity contribution in [2.45, 2.75) is 261 Å². The molecule has 0 nitrogen and oxygen atoms in total. The zero-order valence-electron chi connectivity index (χ0n) is 36.3. The van der Waals surface area contributed by atoms with Crippen molar-refractivity contribution in [1.29, 1.82) is 0 Å². The SMILES string of the molecule is CC(C)CCCCCCCCC[PH](CCCCCCCCCC(C)C)(CCCCCCCCCC(C)C)CCCCCCCCCC(C)C. The molecule has 0 N–H and O–H groups in total. The minimum atomic E-state index is -1.17. The second-order valence-corrected chi connectivity index (χ2v) is 24.1. The first-order valence-corrected chi connectivity index (χ1v) is 26.5. The summed E-state index contributed by atoms with van der Waals surface area (Å²) < 4.78 is 0. The van der Waals surface area contributed by atoms with Crippen molar-refractivity contribution in [1.82, 2.24) is 0 Å². The Labute approximate surface area is 315 Å². The number of unbranched alkanes of at least 4 members (excludes halogenated alkanes) is 24. The van der Waals surface area contributed by atoms with Crippen molar-refractivity contribution in [3.63, 3.8) is 0 Å². The van der Waals surface area contributed by atoms with Crippen LogP contribution in [0.1, 0.15) is 261 Å². The third kappa shape index (κ3) is 38.0. The predicted octanol–water partition coefficient (Wildman–Crippen LogP) is 17.8. The zero-order valence-corrected chi connectivity index (χ0v) is 37.3. The molecule has 0 amide bonds. The molecule has 0 aliphatic heterocycles. The number of rotatable bonds is 40. The van der Waals surface area contributed by atoms with Crippen molar-refractivity contribution in [3.05, 3.63) is 0 Å². The standard InChI is InChI=1S/C48H101P/c1-45(2)37-29-21-13-9-17-25-33-41-49(42-34-26-18-10-14-22-30-38-46(3)4,43-35-27-19-11-15-23-31-39-47(5)6)44-36-28-20-12-16-24-32-40-48(7)8/h45-49H,9-44H2,1-8H3. The molecule has 0 aliphatic carbocycles. The van der Waals surface area contributed by atoms with Gasteiger partial charge >= 0.3 is 316 Å². The van der Waals surface area contributed by atoms with Crippen LogP contribution in [0.2, 0.25) is 0 Å². The van der Waals surface area contributed by atoms with Gasteiger partial charge in [-0.2, -0.15) is 0 Å². The minimum absolute atomic E-state index is 0.886. The number of hydrogen-bond donors (Lipinski definition) is 0. The second-order valence-electron chi connectivity index (χ2n) is 19.1. The Morgan fingerprint density at radius 1 is 0.204 bits per heavy atom. The fourth-order valence-corrected chi connectivity index (χ4v) is 14.0. The molecule has 0 aliphatic rings. The Balaban J connectivity index is 4.93. The molecule has 0 spiro atoms. The van der Waals surface area contributed by atoms with Crippen molar-refractivity contribution >= 4 is 7.26 Å². The van der Waals surface area contributed by atoms with E-state index < -0.39 is 7.26 Å². The molecule has 0 atom stereocenters. The van der Waals surface area contributed by atoms with Crippen LogP contribution in [0, 0.1) is 23.7 Å². The first-order chi connectivity index (χ1) is 23.7. The first kappa shape index (κ1) is 49.4. The molecule has 0 heterocycles. The monoisotopic (exact) mass is 709 g/mol. The van der Waals surface area contributed by atoms with Crippen LogP contribution in [-0.4, -0.2) is 24.6 Å². The first-order valence-electron chi connectivity index (χ1n) is 23.7. The van der Waals surface area contributed by atoms with E-state index in [0.29, 0.717) is 0 Å². The van der Waals surface area contributed by atoms with Gasteiger partial charge in [0, 0.05) is 0 Å². The predicted molar refractivity (Wildman–Crippen MR) is 235 cm³/mol. The summed E-state index contributed by atoms with van der Waals surface area (Å²) in [4.78, 5) is 0. The molecule has 0 saturated carbocycles. The van der Waals surface area contributed by atoms with Crippen molar-refractivity contribution in [3.8, 4) is 0 Å². The summed E-state index contributed by atoms with van der Waals surface area (Å²) in [6, 6.07) is 0. The van der Waals surface area contributed by atoms with Gasteiger partial charge in [0.05, 0.1) is 0 Å². The van der Waals surface area contributed by atoms with Gasteiger partial charge in [0.15, 0.2) is 0 Å². The van der Waals surface area contributed by atoms with Crippen LogP contribution in [0.3, 0.4) is 0 Å². The van der Waals surface area contributed by atoms with Crippen LogP contribution in [-0.2, 0) is 0 Å². The number of hydrogen-bond acceptors (Lipinski definition) is 0. The zero-order chi connectivity index (χ0) is 36.3. The van der Waals surface area contributed by atoms with E-state index in [-0.39, 0.29) is 0 Å². The molecule has 0 fully saturated rings. The van der Waals surface area contributed by atoms with Crippen molar-refractivity contribution in [2.75, 3.05) is 24.6 Å². The average molecular weight is 709 g/mol. The molecular weight excluding hydrogens is 608 g/mol. The maximum absolute atomic E-state index is 2.38. The van der Waals surface area contributed by atoms with Gasteiger partial charge in [0.2, 0.25) is 0 Å². The summed E-state index contributed by atoms with van der Waals surface area (Å²) in [5.41, 5.74) is 0. The van der Waals surface area contributed by atoms with Crippen molar-refractivity contribution < 1.29 is 0 Å². The van der Waals surface area contributed by atoms with Crippen LogP contribution in [0.5, 0.6) is 0 Å². The van der Waals surface area contributed by atoms with Crippen LogP contribution in [0.15, 0.2) is 0 Å². The quantitative estimate of drug-likeness (QED) is 0.0439. The normalized spacial score (nSPS) is 12.8. The third-order valence-electron chi connectivity index (χ3n) is 12.0. The molecule has 1 heteroatoms. The fourth-order valence-electron chi connectivity index (χ4n) is 8.50.